The van der Waals surface area contributed by atoms with Gasteiger partial charge in [-0.1, -0.05) is 0 Å². The molecule has 1 saturated carbocycles. The molecule has 94 valence electrons. The summed E-state index contributed by atoms with van der Waals surface area (Å²) in [4.78, 5) is 0. The normalized spacial score (nSPS) is 24.0. The van der Waals surface area contributed by atoms with Crippen LogP contribution in [0.5, 0.6) is 5.75 Å². The van der Waals surface area contributed by atoms with Crippen molar-refractivity contribution in [3.8, 4) is 5.75 Å². The van der Waals surface area contributed by atoms with Crippen LogP contribution in [0, 0.1) is 0 Å². The molecule has 1 aromatic rings. The van der Waals surface area contributed by atoms with E-state index in [1.807, 2.05) is 0 Å². The number of alkyl halides is 3. The lowest BCUT2D eigenvalue weighted by Crippen LogP contribution is -2.42. The maximum atomic E-state index is 11.9. The van der Waals surface area contributed by atoms with Crippen molar-refractivity contribution in [1.82, 2.24) is 0 Å². The number of nitrogens with one attached hydrogen (secondary N) is 1. The Morgan fingerprint density at radius 3 is 2.24 bits per heavy atom. The first-order valence-corrected chi connectivity index (χ1v) is 5.24. The molecule has 0 unspecified atom stereocenters. The molecule has 0 aromatic heterocycles. The molecule has 0 spiro atoms. The fourth-order valence-electron chi connectivity index (χ4n) is 1.62. The Hall–Kier alpha value is -1.43. The van der Waals surface area contributed by atoms with Gasteiger partial charge >= 0.3 is 6.36 Å². The highest BCUT2D eigenvalue weighted by molar-refractivity contribution is 5.47. The first-order chi connectivity index (χ1) is 7.94. The van der Waals surface area contributed by atoms with E-state index in [0.29, 0.717) is 5.69 Å². The summed E-state index contributed by atoms with van der Waals surface area (Å²) in [6.07, 6.45) is -3.42. The molecule has 0 bridgehead atoms. The van der Waals surface area contributed by atoms with E-state index in [4.69, 9.17) is 0 Å². The third kappa shape index (κ3) is 3.26. The van der Waals surface area contributed by atoms with Gasteiger partial charge in [-0.05, 0) is 37.1 Å². The summed E-state index contributed by atoms with van der Waals surface area (Å²) < 4.78 is 39.4. The highest BCUT2D eigenvalue weighted by atomic mass is 19.4. The van der Waals surface area contributed by atoms with Crippen LogP contribution in [0.1, 0.15) is 12.8 Å². The Morgan fingerprint density at radius 2 is 1.82 bits per heavy atom. The minimum absolute atomic E-state index is 0.00983. The molecule has 1 aliphatic rings. The van der Waals surface area contributed by atoms with Crippen LogP contribution < -0.4 is 10.1 Å². The highest BCUT2D eigenvalue weighted by Crippen LogP contribution is 2.27. The zero-order chi connectivity index (χ0) is 12.5. The lowest BCUT2D eigenvalue weighted by Gasteiger charge is -2.33. The Morgan fingerprint density at radius 1 is 1.18 bits per heavy atom. The number of benzene rings is 1. The highest BCUT2D eigenvalue weighted by Gasteiger charge is 2.31. The van der Waals surface area contributed by atoms with Crippen LogP contribution >= 0.6 is 0 Å². The van der Waals surface area contributed by atoms with Crippen molar-refractivity contribution >= 4 is 5.69 Å². The predicted octanol–water partition coefficient (Wildman–Crippen LogP) is 2.52. The Kier molecular flexibility index (Phi) is 3.15. The van der Waals surface area contributed by atoms with Crippen molar-refractivity contribution in [3.05, 3.63) is 24.3 Å². The quantitative estimate of drug-likeness (QED) is 0.862. The van der Waals surface area contributed by atoms with Gasteiger partial charge in [-0.25, -0.2) is 0 Å². The van der Waals surface area contributed by atoms with Crippen molar-refractivity contribution in [1.29, 1.82) is 0 Å². The van der Waals surface area contributed by atoms with E-state index in [9.17, 15) is 18.3 Å². The molecule has 17 heavy (non-hydrogen) atoms. The van der Waals surface area contributed by atoms with E-state index in [2.05, 4.69) is 10.1 Å². The molecule has 2 rings (SSSR count). The molecule has 2 atom stereocenters. The van der Waals surface area contributed by atoms with Gasteiger partial charge in [0, 0.05) is 5.69 Å². The van der Waals surface area contributed by atoms with E-state index in [-0.39, 0.29) is 17.9 Å². The minimum atomic E-state index is -4.67. The van der Waals surface area contributed by atoms with Crippen LogP contribution in [-0.4, -0.2) is 23.6 Å². The predicted molar refractivity (Wildman–Crippen MR) is 55.8 cm³/mol. The molecule has 2 N–H and O–H groups in total. The van der Waals surface area contributed by atoms with Crippen LogP contribution in [0.4, 0.5) is 18.9 Å². The van der Waals surface area contributed by atoms with Crippen molar-refractivity contribution in [2.24, 2.45) is 0 Å². The third-order valence-electron chi connectivity index (χ3n) is 2.68. The zero-order valence-electron chi connectivity index (χ0n) is 8.87. The Labute approximate surface area is 96.2 Å². The molecule has 3 nitrogen and oxygen atoms in total. The van der Waals surface area contributed by atoms with Gasteiger partial charge < -0.3 is 15.2 Å². The number of rotatable bonds is 3. The van der Waals surface area contributed by atoms with Crippen molar-refractivity contribution in [3.63, 3.8) is 0 Å². The third-order valence-corrected chi connectivity index (χ3v) is 2.68. The second kappa shape index (κ2) is 4.44. The fourth-order valence-corrected chi connectivity index (χ4v) is 1.62. The van der Waals surface area contributed by atoms with Crippen molar-refractivity contribution < 1.29 is 23.0 Å². The first-order valence-electron chi connectivity index (χ1n) is 5.24. The molecule has 0 heterocycles. The average molecular weight is 247 g/mol. The van der Waals surface area contributed by atoms with Crippen molar-refractivity contribution in [2.75, 3.05) is 5.32 Å². The SMILES string of the molecule is O[C@H]1CC[C@@H]1Nc1ccc(OC(F)(F)F)cc1. The maximum absolute atomic E-state index is 11.9. The summed E-state index contributed by atoms with van der Waals surface area (Å²) >= 11 is 0. The van der Waals surface area contributed by atoms with Gasteiger partial charge in [-0.3, -0.25) is 0 Å². The number of aliphatic hydroxyl groups excluding tert-OH is 1. The number of hydrogen-bond donors (Lipinski definition) is 2. The summed E-state index contributed by atoms with van der Waals surface area (Å²) in [7, 11) is 0. The van der Waals surface area contributed by atoms with E-state index < -0.39 is 6.36 Å². The first kappa shape index (κ1) is 12.0. The van der Waals surface area contributed by atoms with Crippen LogP contribution in [0.25, 0.3) is 0 Å². The minimum Gasteiger partial charge on any atom is -0.406 e. The number of halogens is 3. The van der Waals surface area contributed by atoms with E-state index in [0.717, 1.165) is 12.8 Å². The zero-order valence-corrected chi connectivity index (χ0v) is 8.87. The molecular formula is C11H12F3NO2. The monoisotopic (exact) mass is 247 g/mol. The summed E-state index contributed by atoms with van der Waals surface area (Å²) in [5.74, 6) is -0.253. The van der Waals surface area contributed by atoms with Gasteiger partial charge in [-0.2, -0.15) is 0 Å². The number of ether oxygens (including phenoxy) is 1. The molecule has 0 amide bonds. The molecule has 0 saturated heterocycles. The van der Waals surface area contributed by atoms with Crippen LogP contribution in [0.3, 0.4) is 0 Å². The van der Waals surface area contributed by atoms with Crippen LogP contribution in [-0.2, 0) is 0 Å². The van der Waals surface area contributed by atoms with Crippen LogP contribution in [0.15, 0.2) is 24.3 Å². The molecule has 0 radical (unpaired) electrons. The number of aliphatic hydroxyl groups is 1. The summed E-state index contributed by atoms with van der Waals surface area (Å²) in [6, 6.07) is 5.45. The topological polar surface area (TPSA) is 41.5 Å². The smallest absolute Gasteiger partial charge is 0.406 e. The second-order valence-corrected chi connectivity index (χ2v) is 3.97. The second-order valence-electron chi connectivity index (χ2n) is 3.97. The van der Waals surface area contributed by atoms with E-state index in [1.54, 1.807) is 0 Å². The van der Waals surface area contributed by atoms with E-state index >= 15 is 0 Å². The van der Waals surface area contributed by atoms with Crippen molar-refractivity contribution in [2.45, 2.75) is 31.3 Å². The van der Waals surface area contributed by atoms with Gasteiger partial charge in [0.2, 0.25) is 0 Å². The Bertz CT molecular complexity index is 377. The van der Waals surface area contributed by atoms with Crippen LogP contribution in [0.2, 0.25) is 0 Å². The van der Waals surface area contributed by atoms with Gasteiger partial charge in [0.15, 0.2) is 0 Å². The van der Waals surface area contributed by atoms with Gasteiger partial charge in [0.1, 0.15) is 5.75 Å². The summed E-state index contributed by atoms with van der Waals surface area (Å²) in [6.45, 7) is 0. The largest absolute Gasteiger partial charge is 0.573 e. The molecule has 6 heteroatoms. The summed E-state index contributed by atoms with van der Waals surface area (Å²) in [5.41, 5.74) is 0.670. The standard InChI is InChI=1S/C11H12F3NO2/c12-11(13,14)17-8-3-1-7(2-4-8)15-9-5-6-10(9)16/h1-4,9-10,15-16H,5-6H2/t9-,10-/m0/s1. The van der Waals surface area contributed by atoms with Gasteiger partial charge in [0.25, 0.3) is 0 Å². The molecule has 1 fully saturated rings. The van der Waals surface area contributed by atoms with Gasteiger partial charge in [0.05, 0.1) is 12.1 Å². The summed E-state index contributed by atoms with van der Waals surface area (Å²) in [5, 5.41) is 12.4. The molecule has 0 aliphatic heterocycles. The van der Waals surface area contributed by atoms with Gasteiger partial charge in [-0.15, -0.1) is 13.2 Å². The maximum Gasteiger partial charge on any atom is 0.573 e. The Balaban J connectivity index is 1.93. The van der Waals surface area contributed by atoms with E-state index in [1.165, 1.54) is 24.3 Å². The fraction of sp³-hybridized carbons (Fsp3) is 0.455. The molecule has 1 aliphatic carbocycles. The number of hydrogen-bond acceptors (Lipinski definition) is 3. The average Bonchev–Trinajstić information content (AvgIpc) is 2.24. The molecular weight excluding hydrogens is 235 g/mol. The molecule has 1 aromatic carbocycles. The lowest BCUT2D eigenvalue weighted by atomic mass is 9.89. The number of anilines is 1. The lowest BCUT2D eigenvalue weighted by molar-refractivity contribution is -0.274.